The van der Waals surface area contributed by atoms with Crippen LogP contribution in [-0.4, -0.2) is 53.5 Å². The second-order valence-corrected chi connectivity index (χ2v) is 9.52. The minimum absolute atomic E-state index is 0.0881. The molecule has 2 aromatic carbocycles. The van der Waals surface area contributed by atoms with Crippen LogP contribution in [0.3, 0.4) is 0 Å². The predicted octanol–water partition coefficient (Wildman–Crippen LogP) is 1.81. The minimum Gasteiger partial charge on any atom is -0.507 e. The largest absolute Gasteiger partial charge is 0.507 e. The van der Waals surface area contributed by atoms with E-state index in [4.69, 9.17) is 5.73 Å². The number of phenols is 1. The number of carboxylic acids is 1. The fourth-order valence-electron chi connectivity index (χ4n) is 3.67. The van der Waals surface area contributed by atoms with E-state index in [0.29, 0.717) is 11.9 Å². The van der Waals surface area contributed by atoms with Crippen LogP contribution in [0.15, 0.2) is 41.4 Å². The van der Waals surface area contributed by atoms with E-state index in [1.807, 2.05) is 13.0 Å². The molecule has 3 rings (SSSR count). The number of nitrogens with one attached hydrogen (secondary N) is 2. The number of phenolic OH excluding ortho intramolecular Hbond substituents is 1. The molecule has 0 saturated heterocycles. The van der Waals surface area contributed by atoms with Gasteiger partial charge in [0, 0.05) is 36.0 Å². The van der Waals surface area contributed by atoms with Crippen molar-refractivity contribution >= 4 is 32.4 Å². The molecule has 9 nitrogen and oxygen atoms in total. The molecule has 0 aliphatic heterocycles. The van der Waals surface area contributed by atoms with Crippen molar-refractivity contribution in [3.63, 3.8) is 0 Å². The maximum Gasteiger partial charge on any atom is 0.337 e. The summed E-state index contributed by atoms with van der Waals surface area (Å²) in [4.78, 5) is 14.0. The van der Waals surface area contributed by atoms with Crippen molar-refractivity contribution < 1.29 is 28.5 Å². The van der Waals surface area contributed by atoms with Gasteiger partial charge in [0.05, 0.1) is 22.9 Å². The number of rotatable bonds is 8. The van der Waals surface area contributed by atoms with Crippen molar-refractivity contribution in [1.29, 1.82) is 0 Å². The highest BCUT2D eigenvalue weighted by Crippen LogP contribution is 2.34. The molecule has 1 heterocycles. The number of aromatic nitrogens is 1. The normalized spacial score (nSPS) is 13.9. The zero-order valence-corrected chi connectivity index (χ0v) is 17.9. The second kappa shape index (κ2) is 8.58. The number of aliphatic hydroxyl groups is 1. The van der Waals surface area contributed by atoms with Crippen LogP contribution < -0.4 is 11.1 Å². The SMILES string of the molecule is C[C@H](Cc1c[nH]c2c(C(=O)O)cccc12)NC[C@H](O)c1ccc(O)c(S(C)(=O)=O)c1N. The van der Waals surface area contributed by atoms with Crippen LogP contribution >= 0.6 is 0 Å². The van der Waals surface area contributed by atoms with Crippen molar-refractivity contribution in [2.75, 3.05) is 18.5 Å². The Morgan fingerprint density at radius 2 is 1.97 bits per heavy atom. The summed E-state index contributed by atoms with van der Waals surface area (Å²) < 4.78 is 23.8. The summed E-state index contributed by atoms with van der Waals surface area (Å²) in [7, 11) is -3.77. The Balaban J connectivity index is 1.72. The molecule has 0 aliphatic rings. The number of fused-ring (bicyclic) bond motifs is 1. The molecule has 1 aromatic heterocycles. The third-order valence-corrected chi connectivity index (χ3v) is 6.33. The number of anilines is 1. The highest BCUT2D eigenvalue weighted by Gasteiger charge is 2.23. The Kier molecular flexibility index (Phi) is 6.25. The van der Waals surface area contributed by atoms with Gasteiger partial charge in [-0.15, -0.1) is 0 Å². The Hall–Kier alpha value is -3.08. The molecule has 3 aromatic rings. The number of aliphatic hydroxyl groups excluding tert-OH is 1. The van der Waals surface area contributed by atoms with Gasteiger partial charge in [-0.05, 0) is 31.0 Å². The lowest BCUT2D eigenvalue weighted by Gasteiger charge is -2.20. The van der Waals surface area contributed by atoms with Gasteiger partial charge in [-0.1, -0.05) is 18.2 Å². The molecular weight excluding hydrogens is 422 g/mol. The van der Waals surface area contributed by atoms with Gasteiger partial charge in [0.15, 0.2) is 9.84 Å². The van der Waals surface area contributed by atoms with Crippen molar-refractivity contribution in [1.82, 2.24) is 10.3 Å². The Bertz CT molecular complexity index is 1240. The number of carboxylic acid groups (broad SMARTS) is 1. The standard InChI is InChI=1S/C21H25N3O6S/c1-11(8-12-9-24-19-13(12)4-3-5-15(19)21(27)28)23-10-17(26)14-6-7-16(25)20(18(14)22)31(2,29)30/h3-7,9,11,17,23-26H,8,10,22H2,1-2H3,(H,27,28)/t11-,17+/m1/s1. The summed E-state index contributed by atoms with van der Waals surface area (Å²) in [5, 5.41) is 33.7. The maximum absolute atomic E-state index is 11.9. The highest BCUT2D eigenvalue weighted by molar-refractivity contribution is 7.91. The quantitative estimate of drug-likeness (QED) is 0.284. The van der Waals surface area contributed by atoms with Gasteiger partial charge in [-0.2, -0.15) is 0 Å². The van der Waals surface area contributed by atoms with Crippen molar-refractivity contribution in [2.45, 2.75) is 30.4 Å². The summed E-state index contributed by atoms with van der Waals surface area (Å²) in [5.74, 6) is -1.47. The number of H-pyrrole nitrogens is 1. The zero-order valence-electron chi connectivity index (χ0n) is 17.1. The van der Waals surface area contributed by atoms with E-state index in [9.17, 15) is 28.5 Å². The lowest BCUT2D eigenvalue weighted by atomic mass is 10.0. The van der Waals surface area contributed by atoms with Gasteiger partial charge < -0.3 is 31.4 Å². The monoisotopic (exact) mass is 447 g/mol. The highest BCUT2D eigenvalue weighted by atomic mass is 32.2. The fraction of sp³-hybridized carbons (Fsp3) is 0.286. The fourth-order valence-corrected chi connectivity index (χ4v) is 4.63. The zero-order chi connectivity index (χ0) is 22.9. The number of hydrogen-bond acceptors (Lipinski definition) is 7. The lowest BCUT2D eigenvalue weighted by Crippen LogP contribution is -2.32. The van der Waals surface area contributed by atoms with Crippen molar-refractivity contribution in [3.05, 3.63) is 53.2 Å². The first kappa shape index (κ1) is 22.6. The average molecular weight is 448 g/mol. The van der Waals surface area contributed by atoms with E-state index in [0.717, 1.165) is 17.2 Å². The molecule has 0 saturated carbocycles. The molecule has 166 valence electrons. The number of aromatic carboxylic acids is 1. The number of nitrogens with two attached hydrogens (primary N) is 1. The molecule has 0 unspecified atom stereocenters. The van der Waals surface area contributed by atoms with Crippen molar-refractivity contribution in [3.8, 4) is 5.75 Å². The number of nitrogen functional groups attached to an aromatic ring is 1. The molecule has 0 aliphatic carbocycles. The molecular formula is C21H25N3O6S. The summed E-state index contributed by atoms with van der Waals surface area (Å²) in [6.07, 6.45) is 2.17. The van der Waals surface area contributed by atoms with E-state index >= 15 is 0 Å². The number of hydrogen-bond donors (Lipinski definition) is 6. The maximum atomic E-state index is 11.9. The van der Waals surface area contributed by atoms with Crippen LogP contribution in [-0.2, 0) is 16.3 Å². The molecule has 0 radical (unpaired) electrons. The summed E-state index contributed by atoms with van der Waals surface area (Å²) in [5.41, 5.74) is 7.62. The summed E-state index contributed by atoms with van der Waals surface area (Å²) >= 11 is 0. The van der Waals surface area contributed by atoms with Gasteiger partial charge in [0.1, 0.15) is 10.6 Å². The summed E-state index contributed by atoms with van der Waals surface area (Å²) in [6.45, 7) is 2.01. The van der Waals surface area contributed by atoms with Gasteiger partial charge in [0.25, 0.3) is 0 Å². The first-order chi connectivity index (χ1) is 14.5. The third kappa shape index (κ3) is 4.66. The minimum atomic E-state index is -3.77. The van der Waals surface area contributed by atoms with Gasteiger partial charge in [0.2, 0.25) is 0 Å². The van der Waals surface area contributed by atoms with Crippen LogP contribution in [0.4, 0.5) is 5.69 Å². The molecule has 2 atom stereocenters. The van der Waals surface area contributed by atoms with E-state index in [1.54, 1.807) is 12.3 Å². The molecule has 0 fully saturated rings. The topological polar surface area (TPSA) is 166 Å². The number of para-hydroxylation sites is 1. The van der Waals surface area contributed by atoms with Crippen LogP contribution in [0.5, 0.6) is 5.75 Å². The molecule has 0 bridgehead atoms. The van der Waals surface area contributed by atoms with Crippen molar-refractivity contribution in [2.24, 2.45) is 0 Å². The average Bonchev–Trinajstić information content (AvgIpc) is 3.08. The van der Waals surface area contributed by atoms with E-state index < -0.39 is 32.6 Å². The Labute approximate surface area is 179 Å². The third-order valence-electron chi connectivity index (χ3n) is 5.16. The molecule has 0 spiro atoms. The number of aromatic hydroxyl groups is 1. The van der Waals surface area contributed by atoms with Crippen LogP contribution in [0.2, 0.25) is 0 Å². The van der Waals surface area contributed by atoms with E-state index in [1.165, 1.54) is 18.2 Å². The lowest BCUT2D eigenvalue weighted by molar-refractivity contribution is 0.0698. The molecule has 7 N–H and O–H groups in total. The summed E-state index contributed by atoms with van der Waals surface area (Å²) in [6, 6.07) is 7.58. The smallest absolute Gasteiger partial charge is 0.337 e. The molecule has 10 heteroatoms. The Morgan fingerprint density at radius 3 is 2.61 bits per heavy atom. The van der Waals surface area contributed by atoms with E-state index in [2.05, 4.69) is 10.3 Å². The van der Waals surface area contributed by atoms with Crippen LogP contribution in [0, 0.1) is 0 Å². The first-order valence-corrected chi connectivity index (χ1v) is 11.4. The molecule has 31 heavy (non-hydrogen) atoms. The van der Waals surface area contributed by atoms with E-state index in [-0.39, 0.29) is 29.4 Å². The van der Waals surface area contributed by atoms with Crippen LogP contribution in [0.25, 0.3) is 10.9 Å². The number of sulfone groups is 1. The van der Waals surface area contributed by atoms with Crippen LogP contribution in [0.1, 0.15) is 34.5 Å². The van der Waals surface area contributed by atoms with Gasteiger partial charge >= 0.3 is 5.97 Å². The van der Waals surface area contributed by atoms with Gasteiger partial charge in [-0.25, -0.2) is 13.2 Å². The number of carbonyl (C=O) groups is 1. The second-order valence-electron chi connectivity index (χ2n) is 7.57. The Morgan fingerprint density at radius 1 is 1.26 bits per heavy atom. The number of benzene rings is 2. The number of aromatic amines is 1. The molecule has 0 amide bonds. The van der Waals surface area contributed by atoms with Gasteiger partial charge in [-0.3, -0.25) is 0 Å². The first-order valence-electron chi connectivity index (χ1n) is 9.55. The predicted molar refractivity (Wildman–Crippen MR) is 117 cm³/mol.